The van der Waals surface area contributed by atoms with Crippen LogP contribution in [0.5, 0.6) is 0 Å². The zero-order chi connectivity index (χ0) is 12.4. The van der Waals surface area contributed by atoms with Gasteiger partial charge in [-0.1, -0.05) is 0 Å². The molecule has 3 heterocycles. The van der Waals surface area contributed by atoms with Gasteiger partial charge in [-0.3, -0.25) is 14.7 Å². The van der Waals surface area contributed by atoms with Gasteiger partial charge in [0.05, 0.1) is 11.4 Å². The average molecular weight is 265 g/mol. The molecule has 0 saturated carbocycles. The Morgan fingerprint density at radius 1 is 1.39 bits per heavy atom. The summed E-state index contributed by atoms with van der Waals surface area (Å²) in [5.41, 5.74) is 1.87. The van der Waals surface area contributed by atoms with Crippen molar-refractivity contribution in [2.24, 2.45) is 5.92 Å². The predicted octanol–water partition coefficient (Wildman–Crippen LogP) is 1.59. The Morgan fingerprint density at radius 2 is 2.22 bits per heavy atom. The van der Waals surface area contributed by atoms with Crippen LogP contribution in [0.4, 0.5) is 0 Å². The normalized spacial score (nSPS) is 24.9. The van der Waals surface area contributed by atoms with Crippen LogP contribution in [0.2, 0.25) is 0 Å². The third-order valence-electron chi connectivity index (χ3n) is 3.90. The van der Waals surface area contributed by atoms with Gasteiger partial charge < -0.3 is 4.90 Å². The molecular formula is C13H19N3OS. The van der Waals surface area contributed by atoms with E-state index in [2.05, 4.69) is 14.8 Å². The maximum absolute atomic E-state index is 12.3. The number of aromatic nitrogens is 1. The molecule has 0 aliphatic carbocycles. The molecule has 3 rings (SSSR count). The summed E-state index contributed by atoms with van der Waals surface area (Å²) in [4.78, 5) is 22.1. The van der Waals surface area contributed by atoms with Gasteiger partial charge in [0.15, 0.2) is 0 Å². The van der Waals surface area contributed by atoms with Gasteiger partial charge in [0.2, 0.25) is 5.91 Å². The number of rotatable bonds is 3. The first-order valence-electron chi connectivity index (χ1n) is 6.71. The van der Waals surface area contributed by atoms with Gasteiger partial charge >= 0.3 is 0 Å². The van der Waals surface area contributed by atoms with E-state index >= 15 is 0 Å². The fourth-order valence-corrected chi connectivity index (χ4v) is 3.55. The van der Waals surface area contributed by atoms with Gasteiger partial charge in [-0.25, -0.2) is 0 Å². The number of thiazole rings is 1. The maximum Gasteiger partial charge on any atom is 0.227 e. The highest BCUT2D eigenvalue weighted by molar-refractivity contribution is 7.09. The molecule has 5 heteroatoms. The molecule has 0 bridgehead atoms. The third-order valence-corrected chi connectivity index (χ3v) is 4.67. The molecule has 4 nitrogen and oxygen atoms in total. The molecule has 0 N–H and O–H groups in total. The lowest BCUT2D eigenvalue weighted by atomic mass is 10.1. The van der Waals surface area contributed by atoms with Crippen molar-refractivity contribution < 1.29 is 4.79 Å². The van der Waals surface area contributed by atoms with Crippen molar-refractivity contribution in [3.05, 3.63) is 16.6 Å². The highest BCUT2D eigenvalue weighted by Gasteiger charge is 2.32. The molecule has 2 fully saturated rings. The summed E-state index contributed by atoms with van der Waals surface area (Å²) in [6, 6.07) is 0. The van der Waals surface area contributed by atoms with Gasteiger partial charge in [0, 0.05) is 37.3 Å². The topological polar surface area (TPSA) is 36.4 Å². The Labute approximate surface area is 112 Å². The molecule has 1 amide bonds. The summed E-state index contributed by atoms with van der Waals surface area (Å²) in [5.74, 6) is 0.621. The quantitative estimate of drug-likeness (QED) is 0.832. The Hall–Kier alpha value is -0.940. The minimum atomic E-state index is 0.232. The molecule has 2 aliphatic heterocycles. The summed E-state index contributed by atoms with van der Waals surface area (Å²) in [5, 5.41) is 0. The Kier molecular flexibility index (Phi) is 3.61. The summed E-state index contributed by atoms with van der Waals surface area (Å²) >= 11 is 1.70. The minimum absolute atomic E-state index is 0.232. The second-order valence-electron chi connectivity index (χ2n) is 5.22. The molecule has 1 aromatic rings. The first kappa shape index (κ1) is 12.1. The molecule has 0 radical (unpaired) electrons. The van der Waals surface area contributed by atoms with Crippen LogP contribution in [0.3, 0.4) is 0 Å². The van der Waals surface area contributed by atoms with Crippen molar-refractivity contribution in [1.29, 1.82) is 0 Å². The Bertz CT molecular complexity index is 400. The first-order chi connectivity index (χ1) is 8.83. The van der Waals surface area contributed by atoms with Crippen LogP contribution in [-0.4, -0.2) is 46.9 Å². The largest absolute Gasteiger partial charge is 0.342 e. The summed E-state index contributed by atoms with van der Waals surface area (Å²) in [6.07, 6.45) is 5.32. The van der Waals surface area contributed by atoms with E-state index in [-0.39, 0.29) is 5.92 Å². The second kappa shape index (κ2) is 5.36. The van der Waals surface area contributed by atoms with E-state index in [0.29, 0.717) is 5.91 Å². The Morgan fingerprint density at radius 3 is 2.94 bits per heavy atom. The fourth-order valence-electron chi connectivity index (χ4n) is 2.91. The number of carbonyl (C=O) groups is 1. The zero-order valence-corrected chi connectivity index (χ0v) is 11.4. The summed E-state index contributed by atoms with van der Waals surface area (Å²) < 4.78 is 0. The molecule has 1 unspecified atom stereocenters. The molecule has 0 spiro atoms. The number of hydrogen-bond acceptors (Lipinski definition) is 4. The number of nitrogens with zero attached hydrogens (tertiary/aromatic N) is 3. The lowest BCUT2D eigenvalue weighted by Crippen LogP contribution is -2.35. The van der Waals surface area contributed by atoms with Crippen molar-refractivity contribution in [3.63, 3.8) is 0 Å². The van der Waals surface area contributed by atoms with Gasteiger partial charge in [-0.15, -0.1) is 11.3 Å². The lowest BCUT2D eigenvalue weighted by Gasteiger charge is -2.20. The molecule has 0 aromatic carbocycles. The van der Waals surface area contributed by atoms with Crippen LogP contribution in [-0.2, 0) is 11.3 Å². The van der Waals surface area contributed by atoms with E-state index in [9.17, 15) is 4.79 Å². The SMILES string of the molecule is O=C(C1CCN(Cc2cncs2)C1)N1CCCC1. The van der Waals surface area contributed by atoms with Crippen LogP contribution >= 0.6 is 11.3 Å². The molecule has 1 atom stereocenters. The Balaban J connectivity index is 1.53. The molecule has 2 saturated heterocycles. The molecule has 1 aromatic heterocycles. The number of carbonyl (C=O) groups excluding carboxylic acids is 1. The van der Waals surface area contributed by atoms with E-state index in [4.69, 9.17) is 0 Å². The maximum atomic E-state index is 12.3. The number of likely N-dealkylation sites (tertiary alicyclic amines) is 2. The van der Waals surface area contributed by atoms with Crippen molar-refractivity contribution in [2.75, 3.05) is 26.2 Å². The second-order valence-corrected chi connectivity index (χ2v) is 6.19. The van der Waals surface area contributed by atoms with Crippen molar-refractivity contribution in [3.8, 4) is 0 Å². The average Bonchev–Trinajstić information content (AvgIpc) is 3.11. The zero-order valence-electron chi connectivity index (χ0n) is 10.5. The standard InChI is InChI=1S/C13H19N3OS/c17-13(16-4-1-2-5-16)11-3-6-15(8-11)9-12-7-14-10-18-12/h7,10-11H,1-6,8-9H2. The fraction of sp³-hybridized carbons (Fsp3) is 0.692. The third kappa shape index (κ3) is 2.57. The highest BCUT2D eigenvalue weighted by Crippen LogP contribution is 2.23. The lowest BCUT2D eigenvalue weighted by molar-refractivity contribution is -0.134. The van der Waals surface area contributed by atoms with Crippen molar-refractivity contribution in [2.45, 2.75) is 25.8 Å². The molecule has 98 valence electrons. The van der Waals surface area contributed by atoms with Crippen LogP contribution in [0.25, 0.3) is 0 Å². The van der Waals surface area contributed by atoms with Crippen LogP contribution in [0.15, 0.2) is 11.7 Å². The van der Waals surface area contributed by atoms with Crippen LogP contribution in [0.1, 0.15) is 24.1 Å². The smallest absolute Gasteiger partial charge is 0.227 e. The van der Waals surface area contributed by atoms with Crippen LogP contribution in [0, 0.1) is 5.92 Å². The van der Waals surface area contributed by atoms with E-state index in [1.54, 1.807) is 11.3 Å². The van der Waals surface area contributed by atoms with E-state index in [1.165, 1.54) is 17.7 Å². The van der Waals surface area contributed by atoms with E-state index < -0.39 is 0 Å². The predicted molar refractivity (Wildman–Crippen MR) is 71.3 cm³/mol. The van der Waals surface area contributed by atoms with Crippen molar-refractivity contribution >= 4 is 17.2 Å². The minimum Gasteiger partial charge on any atom is -0.342 e. The van der Waals surface area contributed by atoms with Crippen molar-refractivity contribution in [1.82, 2.24) is 14.8 Å². The molecule has 18 heavy (non-hydrogen) atoms. The first-order valence-corrected chi connectivity index (χ1v) is 7.59. The number of amides is 1. The molecule has 2 aliphatic rings. The van der Waals surface area contributed by atoms with Gasteiger partial charge in [-0.2, -0.15) is 0 Å². The summed E-state index contributed by atoms with van der Waals surface area (Å²) in [6.45, 7) is 4.87. The molecular weight excluding hydrogens is 246 g/mol. The monoisotopic (exact) mass is 265 g/mol. The summed E-state index contributed by atoms with van der Waals surface area (Å²) in [7, 11) is 0. The van der Waals surface area contributed by atoms with E-state index in [0.717, 1.165) is 39.1 Å². The van der Waals surface area contributed by atoms with E-state index in [1.807, 2.05) is 11.7 Å². The highest BCUT2D eigenvalue weighted by atomic mass is 32.1. The van der Waals surface area contributed by atoms with Crippen LogP contribution < -0.4 is 0 Å². The van der Waals surface area contributed by atoms with Gasteiger partial charge in [-0.05, 0) is 25.8 Å². The number of hydrogen-bond donors (Lipinski definition) is 0. The van der Waals surface area contributed by atoms with Gasteiger partial charge in [0.1, 0.15) is 0 Å². The van der Waals surface area contributed by atoms with Gasteiger partial charge in [0.25, 0.3) is 0 Å².